The van der Waals surface area contributed by atoms with E-state index >= 15 is 0 Å². The van der Waals surface area contributed by atoms with Gasteiger partial charge in [-0.15, -0.1) is 11.3 Å². The van der Waals surface area contributed by atoms with Gasteiger partial charge in [0.1, 0.15) is 0 Å². The molecule has 1 heterocycles. The zero-order valence-electron chi connectivity index (χ0n) is 15.4. The third-order valence-electron chi connectivity index (χ3n) is 4.01. The Kier molecular flexibility index (Phi) is 7.66. The summed E-state index contributed by atoms with van der Waals surface area (Å²) in [6.07, 6.45) is 1.86. The van der Waals surface area contributed by atoms with Gasteiger partial charge in [-0.05, 0) is 49.4 Å². The number of ether oxygens (including phenoxy) is 2. The van der Waals surface area contributed by atoms with Crippen LogP contribution in [0.1, 0.15) is 54.4 Å². The lowest BCUT2D eigenvalue weighted by molar-refractivity contribution is -0.122. The van der Waals surface area contributed by atoms with E-state index in [0.29, 0.717) is 36.5 Å². The van der Waals surface area contributed by atoms with Gasteiger partial charge in [0.05, 0.1) is 19.8 Å². The number of benzene rings is 1. The number of methoxy groups -OCH3 is 1. The molecule has 0 saturated carbocycles. The van der Waals surface area contributed by atoms with E-state index in [-0.39, 0.29) is 17.7 Å². The molecule has 6 heteroatoms. The molecule has 1 atom stereocenters. The number of hydrogen-bond acceptors (Lipinski definition) is 5. The lowest BCUT2D eigenvalue weighted by Gasteiger charge is -2.15. The summed E-state index contributed by atoms with van der Waals surface area (Å²) in [6.45, 7) is 3.97. The van der Waals surface area contributed by atoms with Gasteiger partial charge >= 0.3 is 0 Å². The molecule has 0 aliphatic carbocycles. The zero-order chi connectivity index (χ0) is 18.9. The van der Waals surface area contributed by atoms with Crippen LogP contribution in [-0.4, -0.2) is 25.4 Å². The normalized spacial score (nSPS) is 11.7. The highest BCUT2D eigenvalue weighted by Gasteiger charge is 2.13. The maximum atomic E-state index is 12.1. The van der Waals surface area contributed by atoms with E-state index in [0.717, 1.165) is 6.42 Å². The van der Waals surface area contributed by atoms with Crippen molar-refractivity contribution in [2.75, 3.05) is 13.7 Å². The Morgan fingerprint density at radius 1 is 1.23 bits per heavy atom. The van der Waals surface area contributed by atoms with Crippen LogP contribution in [0.2, 0.25) is 0 Å². The Labute approximate surface area is 158 Å². The summed E-state index contributed by atoms with van der Waals surface area (Å²) in [4.78, 5) is 24.7. The van der Waals surface area contributed by atoms with Crippen molar-refractivity contribution in [2.45, 2.75) is 39.2 Å². The van der Waals surface area contributed by atoms with Crippen molar-refractivity contribution < 1.29 is 19.1 Å². The number of hydrogen-bond donors (Lipinski definition) is 1. The smallest absolute Gasteiger partial charge is 0.220 e. The van der Waals surface area contributed by atoms with E-state index < -0.39 is 0 Å². The minimum atomic E-state index is -0.0252. The molecule has 1 unspecified atom stereocenters. The summed E-state index contributed by atoms with van der Waals surface area (Å²) in [5.74, 6) is 1.09. The van der Waals surface area contributed by atoms with Crippen molar-refractivity contribution >= 4 is 23.0 Å². The second kappa shape index (κ2) is 9.97. The van der Waals surface area contributed by atoms with Crippen molar-refractivity contribution in [1.82, 2.24) is 5.32 Å². The maximum absolute atomic E-state index is 12.1. The Morgan fingerprint density at radius 3 is 2.65 bits per heavy atom. The molecule has 2 aromatic rings. The van der Waals surface area contributed by atoms with Gasteiger partial charge in [0.2, 0.25) is 5.91 Å². The zero-order valence-corrected chi connectivity index (χ0v) is 16.2. The minimum absolute atomic E-state index is 0.0211. The number of thiophene rings is 1. The molecule has 0 bridgehead atoms. The Bertz CT molecular complexity index is 727. The summed E-state index contributed by atoms with van der Waals surface area (Å²) in [6, 6.07) is 9.20. The van der Waals surface area contributed by atoms with Gasteiger partial charge in [-0.3, -0.25) is 9.59 Å². The molecular formula is C20H25NO4S. The first-order valence-electron chi connectivity index (χ1n) is 8.69. The number of ketones is 1. The van der Waals surface area contributed by atoms with Crippen LogP contribution in [0.25, 0.3) is 0 Å². The highest BCUT2D eigenvalue weighted by molar-refractivity contribution is 7.10. The molecule has 1 amide bonds. The summed E-state index contributed by atoms with van der Waals surface area (Å²) in [5, 5.41) is 5.08. The number of nitrogens with one attached hydrogen (secondary N) is 1. The molecule has 0 radical (unpaired) electrons. The van der Waals surface area contributed by atoms with Crippen LogP contribution in [0.4, 0.5) is 0 Å². The highest BCUT2D eigenvalue weighted by atomic mass is 32.1. The second-order valence-corrected chi connectivity index (χ2v) is 6.90. The molecule has 0 aliphatic heterocycles. The fourth-order valence-corrected chi connectivity index (χ4v) is 3.41. The lowest BCUT2D eigenvalue weighted by Crippen LogP contribution is -2.27. The molecule has 5 nitrogen and oxygen atoms in total. The molecule has 0 fully saturated rings. The largest absolute Gasteiger partial charge is 0.493 e. The van der Waals surface area contributed by atoms with Crippen LogP contribution >= 0.6 is 11.3 Å². The van der Waals surface area contributed by atoms with Gasteiger partial charge in [-0.1, -0.05) is 13.0 Å². The van der Waals surface area contributed by atoms with E-state index in [4.69, 9.17) is 9.47 Å². The molecule has 0 saturated heterocycles. The number of amides is 1. The first-order valence-corrected chi connectivity index (χ1v) is 9.57. The number of carbonyl (C=O) groups is 2. The molecule has 140 valence electrons. The van der Waals surface area contributed by atoms with Gasteiger partial charge in [-0.2, -0.15) is 0 Å². The first kappa shape index (κ1) is 20.0. The fourth-order valence-electron chi connectivity index (χ4n) is 2.55. The molecule has 1 N–H and O–H groups in total. The Balaban J connectivity index is 1.79. The molecule has 0 spiro atoms. The summed E-state index contributed by atoms with van der Waals surface area (Å²) >= 11 is 1.65. The summed E-state index contributed by atoms with van der Waals surface area (Å²) in [7, 11) is 1.54. The van der Waals surface area contributed by atoms with E-state index in [1.807, 2.05) is 17.5 Å². The molecule has 1 aromatic heterocycles. The lowest BCUT2D eigenvalue weighted by atomic mass is 10.1. The molecule has 26 heavy (non-hydrogen) atoms. The SMILES string of the molecule is CCC(NC(=O)CCCOc1ccc(C(C)=O)cc1OC)c1cccs1. The standard InChI is InChI=1S/C20H25NO4S/c1-4-16(19-7-6-12-26-19)21-20(23)8-5-11-25-17-10-9-15(14(2)22)13-18(17)24-3/h6-7,9-10,12-13,16H,4-5,8,11H2,1-3H3,(H,21,23). The summed E-state index contributed by atoms with van der Waals surface area (Å²) < 4.78 is 11.0. The van der Waals surface area contributed by atoms with Crippen molar-refractivity contribution in [3.8, 4) is 11.5 Å². The van der Waals surface area contributed by atoms with Crippen LogP contribution in [-0.2, 0) is 4.79 Å². The van der Waals surface area contributed by atoms with Crippen molar-refractivity contribution in [3.05, 3.63) is 46.2 Å². The minimum Gasteiger partial charge on any atom is -0.493 e. The topological polar surface area (TPSA) is 64.6 Å². The highest BCUT2D eigenvalue weighted by Crippen LogP contribution is 2.28. The summed E-state index contributed by atoms with van der Waals surface area (Å²) in [5.41, 5.74) is 0.577. The van der Waals surface area contributed by atoms with Crippen molar-refractivity contribution in [3.63, 3.8) is 0 Å². The van der Waals surface area contributed by atoms with Gasteiger partial charge in [-0.25, -0.2) is 0 Å². The predicted octanol–water partition coefficient (Wildman–Crippen LogP) is 4.39. The third kappa shape index (κ3) is 5.59. The molecule has 2 rings (SSSR count). The first-order chi connectivity index (χ1) is 12.5. The number of carbonyl (C=O) groups excluding carboxylic acids is 2. The molecule has 0 aliphatic rings. The quantitative estimate of drug-likeness (QED) is 0.494. The average Bonchev–Trinajstić information content (AvgIpc) is 3.17. The molecule has 1 aromatic carbocycles. The monoisotopic (exact) mass is 375 g/mol. The number of Topliss-reactive ketones (excluding diaryl/α,β-unsaturated/α-hetero) is 1. The van der Waals surface area contributed by atoms with Crippen LogP contribution < -0.4 is 14.8 Å². The van der Waals surface area contributed by atoms with Gasteiger partial charge in [0.15, 0.2) is 17.3 Å². The van der Waals surface area contributed by atoms with E-state index in [1.54, 1.807) is 29.5 Å². The number of rotatable bonds is 10. The van der Waals surface area contributed by atoms with Crippen LogP contribution in [0.3, 0.4) is 0 Å². The predicted molar refractivity (Wildman–Crippen MR) is 103 cm³/mol. The Hall–Kier alpha value is -2.34. The van der Waals surface area contributed by atoms with Crippen LogP contribution in [0.5, 0.6) is 11.5 Å². The van der Waals surface area contributed by atoms with E-state index in [9.17, 15) is 9.59 Å². The fraction of sp³-hybridized carbons (Fsp3) is 0.400. The van der Waals surface area contributed by atoms with Gasteiger partial charge in [0, 0.05) is 16.9 Å². The average molecular weight is 375 g/mol. The van der Waals surface area contributed by atoms with Crippen LogP contribution in [0.15, 0.2) is 35.7 Å². The van der Waals surface area contributed by atoms with Gasteiger partial charge < -0.3 is 14.8 Å². The second-order valence-electron chi connectivity index (χ2n) is 5.92. The van der Waals surface area contributed by atoms with Crippen molar-refractivity contribution in [2.24, 2.45) is 0 Å². The van der Waals surface area contributed by atoms with Gasteiger partial charge in [0.25, 0.3) is 0 Å². The van der Waals surface area contributed by atoms with E-state index in [2.05, 4.69) is 12.2 Å². The third-order valence-corrected chi connectivity index (χ3v) is 4.99. The van der Waals surface area contributed by atoms with E-state index in [1.165, 1.54) is 18.9 Å². The van der Waals surface area contributed by atoms with Crippen LogP contribution in [0, 0.1) is 0 Å². The Morgan fingerprint density at radius 2 is 2.04 bits per heavy atom. The maximum Gasteiger partial charge on any atom is 0.220 e. The molecular weight excluding hydrogens is 350 g/mol. The van der Waals surface area contributed by atoms with Crippen molar-refractivity contribution in [1.29, 1.82) is 0 Å².